The summed E-state index contributed by atoms with van der Waals surface area (Å²) in [4.78, 5) is 0. The van der Waals surface area contributed by atoms with Gasteiger partial charge in [0.1, 0.15) is 5.60 Å². The molecule has 0 aliphatic heterocycles. The Kier molecular flexibility index (Phi) is 3.20. The van der Waals surface area contributed by atoms with Gasteiger partial charge in [0, 0.05) is 5.56 Å². The Hall–Kier alpha value is -2.30. The van der Waals surface area contributed by atoms with Crippen LogP contribution in [0.4, 0.5) is 0 Å². The van der Waals surface area contributed by atoms with Crippen molar-refractivity contribution in [2.45, 2.75) is 26.4 Å². The Morgan fingerprint density at radius 1 is 0.810 bits per heavy atom. The van der Waals surface area contributed by atoms with Crippen molar-refractivity contribution in [3.05, 3.63) is 59.7 Å². The molecule has 0 spiro atoms. The second-order valence-electron chi connectivity index (χ2n) is 5.90. The maximum atomic E-state index is 9.90. The first-order chi connectivity index (χ1) is 9.97. The van der Waals surface area contributed by atoms with Crippen LogP contribution in [0.15, 0.2) is 48.5 Å². The molecule has 0 unspecified atom stereocenters. The fourth-order valence-corrected chi connectivity index (χ4v) is 2.70. The molecule has 1 N–H and O–H groups in total. The second-order valence-corrected chi connectivity index (χ2v) is 5.90. The summed E-state index contributed by atoms with van der Waals surface area (Å²) in [6.45, 7) is 5.56. The van der Waals surface area contributed by atoms with Crippen molar-refractivity contribution in [2.75, 3.05) is 0 Å². The molecular weight excluding hydrogens is 256 g/mol. The van der Waals surface area contributed by atoms with Crippen LogP contribution >= 0.6 is 0 Å². The molecular formula is C20H18O. The van der Waals surface area contributed by atoms with E-state index in [0.717, 1.165) is 16.3 Å². The molecule has 0 saturated heterocycles. The summed E-state index contributed by atoms with van der Waals surface area (Å²) in [5.41, 5.74) is 1.27. The summed E-state index contributed by atoms with van der Waals surface area (Å²) >= 11 is 0. The van der Waals surface area contributed by atoms with E-state index in [1.54, 1.807) is 13.8 Å². The lowest BCUT2D eigenvalue weighted by Gasteiger charge is -2.12. The van der Waals surface area contributed by atoms with Gasteiger partial charge in [-0.1, -0.05) is 60.4 Å². The van der Waals surface area contributed by atoms with Gasteiger partial charge in [-0.3, -0.25) is 0 Å². The predicted octanol–water partition coefficient (Wildman–Crippen LogP) is 4.42. The van der Waals surface area contributed by atoms with Gasteiger partial charge in [0.15, 0.2) is 0 Å². The number of aryl methyl sites for hydroxylation is 1. The van der Waals surface area contributed by atoms with Gasteiger partial charge in [0.2, 0.25) is 0 Å². The first kappa shape index (κ1) is 13.7. The van der Waals surface area contributed by atoms with E-state index in [1.807, 2.05) is 12.1 Å². The minimum absolute atomic E-state index is 0.993. The van der Waals surface area contributed by atoms with Gasteiger partial charge in [-0.05, 0) is 47.9 Å². The average molecular weight is 274 g/mol. The zero-order chi connectivity index (χ0) is 15.0. The number of fused-ring (bicyclic) bond motifs is 2. The van der Waals surface area contributed by atoms with Crippen LogP contribution in [-0.2, 0) is 0 Å². The van der Waals surface area contributed by atoms with Gasteiger partial charge < -0.3 is 5.11 Å². The Morgan fingerprint density at radius 2 is 1.24 bits per heavy atom. The quantitative estimate of drug-likeness (QED) is 0.475. The number of benzene rings is 3. The van der Waals surface area contributed by atoms with Crippen LogP contribution in [0.2, 0.25) is 0 Å². The molecule has 3 rings (SSSR count). The van der Waals surface area contributed by atoms with Crippen LogP contribution < -0.4 is 0 Å². The molecule has 104 valence electrons. The molecule has 21 heavy (non-hydrogen) atoms. The van der Waals surface area contributed by atoms with Crippen LogP contribution in [0.5, 0.6) is 0 Å². The number of hydrogen-bond acceptors (Lipinski definition) is 1. The first-order valence-electron chi connectivity index (χ1n) is 7.13. The maximum absolute atomic E-state index is 9.90. The normalized spacial score (nSPS) is 11.4. The van der Waals surface area contributed by atoms with E-state index < -0.39 is 5.60 Å². The van der Waals surface area contributed by atoms with Crippen molar-refractivity contribution in [3.63, 3.8) is 0 Å². The summed E-state index contributed by atoms with van der Waals surface area (Å²) in [5.74, 6) is 6.15. The fraction of sp³-hybridized carbons (Fsp3) is 0.200. The second kappa shape index (κ2) is 4.91. The van der Waals surface area contributed by atoms with Gasteiger partial charge in [0.05, 0.1) is 0 Å². The van der Waals surface area contributed by atoms with Crippen molar-refractivity contribution in [3.8, 4) is 11.8 Å². The predicted molar refractivity (Wildman–Crippen MR) is 89.4 cm³/mol. The number of rotatable bonds is 0. The van der Waals surface area contributed by atoms with Crippen molar-refractivity contribution in [2.24, 2.45) is 0 Å². The molecule has 3 aromatic carbocycles. The smallest absolute Gasteiger partial charge is 0.120 e. The Labute approximate surface area is 125 Å². The molecule has 3 aromatic rings. The third-order valence-corrected chi connectivity index (χ3v) is 3.69. The molecule has 0 saturated carbocycles. The van der Waals surface area contributed by atoms with E-state index in [1.165, 1.54) is 16.3 Å². The summed E-state index contributed by atoms with van der Waals surface area (Å²) < 4.78 is 0. The largest absolute Gasteiger partial charge is 0.378 e. The molecule has 0 aromatic heterocycles. The number of aliphatic hydroxyl groups is 1. The average Bonchev–Trinajstić information content (AvgIpc) is 2.46. The first-order valence-corrected chi connectivity index (χ1v) is 7.13. The van der Waals surface area contributed by atoms with Crippen LogP contribution in [-0.4, -0.2) is 10.7 Å². The molecule has 1 nitrogen and oxygen atoms in total. The van der Waals surface area contributed by atoms with E-state index in [9.17, 15) is 5.11 Å². The standard InChI is InChI=1S/C20H18O/c1-14-15-8-4-6-10-17(15)19(12-13-20(2,3)21)18-11-7-5-9-16(14)18/h4-11,21H,1-3H3. The van der Waals surface area contributed by atoms with Crippen LogP contribution in [0, 0.1) is 18.8 Å². The van der Waals surface area contributed by atoms with Crippen molar-refractivity contribution in [1.29, 1.82) is 0 Å². The van der Waals surface area contributed by atoms with Gasteiger partial charge in [-0.25, -0.2) is 0 Å². The van der Waals surface area contributed by atoms with Gasteiger partial charge in [-0.15, -0.1) is 0 Å². The van der Waals surface area contributed by atoms with E-state index in [-0.39, 0.29) is 0 Å². The summed E-state index contributed by atoms with van der Waals surface area (Å²) in [7, 11) is 0. The molecule has 0 amide bonds. The van der Waals surface area contributed by atoms with Crippen LogP contribution in [0.25, 0.3) is 21.5 Å². The lowest BCUT2D eigenvalue weighted by atomic mass is 9.92. The molecule has 0 heterocycles. The van der Waals surface area contributed by atoms with E-state index in [2.05, 4.69) is 55.2 Å². The van der Waals surface area contributed by atoms with Crippen molar-refractivity contribution >= 4 is 21.5 Å². The fourth-order valence-electron chi connectivity index (χ4n) is 2.70. The highest BCUT2D eigenvalue weighted by Crippen LogP contribution is 2.31. The Morgan fingerprint density at radius 3 is 1.67 bits per heavy atom. The van der Waals surface area contributed by atoms with E-state index in [0.29, 0.717) is 0 Å². The highest BCUT2D eigenvalue weighted by molar-refractivity contribution is 6.07. The third-order valence-electron chi connectivity index (χ3n) is 3.69. The van der Waals surface area contributed by atoms with Gasteiger partial charge in [0.25, 0.3) is 0 Å². The highest BCUT2D eigenvalue weighted by Gasteiger charge is 2.11. The molecule has 0 aliphatic carbocycles. The van der Waals surface area contributed by atoms with E-state index in [4.69, 9.17) is 0 Å². The van der Waals surface area contributed by atoms with Crippen molar-refractivity contribution < 1.29 is 5.11 Å². The van der Waals surface area contributed by atoms with Crippen LogP contribution in [0.3, 0.4) is 0 Å². The van der Waals surface area contributed by atoms with Gasteiger partial charge >= 0.3 is 0 Å². The third kappa shape index (κ3) is 2.51. The Balaban J connectivity index is 2.48. The monoisotopic (exact) mass is 274 g/mol. The molecule has 0 atom stereocenters. The lowest BCUT2D eigenvalue weighted by molar-refractivity contribution is 0.143. The maximum Gasteiger partial charge on any atom is 0.120 e. The molecule has 0 radical (unpaired) electrons. The molecule has 0 bridgehead atoms. The lowest BCUT2D eigenvalue weighted by Crippen LogP contribution is -2.14. The SMILES string of the molecule is Cc1c2ccccc2c(C#CC(C)(C)O)c2ccccc12. The molecule has 0 fully saturated rings. The zero-order valence-electron chi connectivity index (χ0n) is 12.6. The minimum Gasteiger partial charge on any atom is -0.378 e. The minimum atomic E-state index is -0.993. The summed E-state index contributed by atoms with van der Waals surface area (Å²) in [6.07, 6.45) is 0. The molecule has 0 aliphatic rings. The Bertz CT molecular complexity index is 829. The zero-order valence-corrected chi connectivity index (χ0v) is 12.6. The number of hydrogen-bond donors (Lipinski definition) is 1. The summed E-state index contributed by atoms with van der Waals surface area (Å²) in [5, 5.41) is 14.6. The summed E-state index contributed by atoms with van der Waals surface area (Å²) in [6, 6.07) is 16.6. The topological polar surface area (TPSA) is 20.2 Å². The van der Waals surface area contributed by atoms with Crippen molar-refractivity contribution in [1.82, 2.24) is 0 Å². The molecule has 1 heteroatoms. The van der Waals surface area contributed by atoms with E-state index >= 15 is 0 Å². The van der Waals surface area contributed by atoms with Crippen LogP contribution in [0.1, 0.15) is 25.0 Å². The highest BCUT2D eigenvalue weighted by atomic mass is 16.3. The van der Waals surface area contributed by atoms with Gasteiger partial charge in [-0.2, -0.15) is 0 Å².